The minimum atomic E-state index is -0.936. The van der Waals surface area contributed by atoms with E-state index in [0.717, 1.165) is 0 Å². The molecule has 0 aromatic heterocycles. The average Bonchev–Trinajstić information content (AvgIpc) is 2.45. The second kappa shape index (κ2) is 6.36. The van der Waals surface area contributed by atoms with Crippen molar-refractivity contribution in [3.63, 3.8) is 0 Å². The smallest absolute Gasteiger partial charge is 0.313 e. The van der Waals surface area contributed by atoms with Gasteiger partial charge in [-0.3, -0.25) is 19.7 Å². The number of hydrogen-bond acceptors (Lipinski definition) is 6. The summed E-state index contributed by atoms with van der Waals surface area (Å²) in [5.41, 5.74) is -1.49. The minimum Gasteiger partial charge on any atom is -0.469 e. The molecule has 7 nitrogen and oxygen atoms in total. The SMILES string of the molecule is COC(=O)C(C)(C)C(C)(C)Nc1ccc(C(C)=O)cc1[N+](=O)[O-]. The standard InChI is InChI=1S/C16H22N2O5/c1-10(19)11-7-8-12(13(9-11)18(21)22)17-16(4,5)15(2,3)14(20)23-6/h7-9,17H,1-6H3. The molecular formula is C16H22N2O5. The van der Waals surface area contributed by atoms with Crippen LogP contribution in [0, 0.1) is 15.5 Å². The summed E-state index contributed by atoms with van der Waals surface area (Å²) in [4.78, 5) is 34.1. The third-order valence-corrected chi connectivity index (χ3v) is 4.31. The third-order valence-electron chi connectivity index (χ3n) is 4.31. The van der Waals surface area contributed by atoms with E-state index in [-0.39, 0.29) is 22.7 Å². The van der Waals surface area contributed by atoms with Crippen molar-refractivity contribution in [1.82, 2.24) is 0 Å². The van der Waals surface area contributed by atoms with Crippen molar-refractivity contribution < 1.29 is 19.2 Å². The molecule has 0 saturated heterocycles. The molecular weight excluding hydrogens is 300 g/mol. The van der Waals surface area contributed by atoms with Gasteiger partial charge in [0.05, 0.1) is 17.4 Å². The molecule has 0 radical (unpaired) electrons. The van der Waals surface area contributed by atoms with Crippen LogP contribution >= 0.6 is 0 Å². The number of rotatable bonds is 6. The summed E-state index contributed by atoms with van der Waals surface area (Å²) < 4.78 is 4.81. The molecule has 0 bridgehead atoms. The lowest BCUT2D eigenvalue weighted by molar-refractivity contribution is -0.384. The van der Waals surface area contributed by atoms with Crippen molar-refractivity contribution in [2.75, 3.05) is 12.4 Å². The molecule has 0 aliphatic carbocycles. The normalized spacial score (nSPS) is 11.7. The van der Waals surface area contributed by atoms with Crippen LogP contribution in [0.2, 0.25) is 0 Å². The molecule has 7 heteroatoms. The van der Waals surface area contributed by atoms with Gasteiger partial charge in [-0.05, 0) is 46.8 Å². The third kappa shape index (κ3) is 3.67. The van der Waals surface area contributed by atoms with E-state index in [0.29, 0.717) is 0 Å². The van der Waals surface area contributed by atoms with Gasteiger partial charge in [0, 0.05) is 17.2 Å². The molecule has 0 fully saturated rings. The highest BCUT2D eigenvalue weighted by molar-refractivity contribution is 5.95. The molecule has 1 rings (SSSR count). The van der Waals surface area contributed by atoms with Gasteiger partial charge in [-0.15, -0.1) is 0 Å². The van der Waals surface area contributed by atoms with E-state index in [9.17, 15) is 19.7 Å². The number of nitro benzene ring substituents is 1. The fraction of sp³-hybridized carbons (Fsp3) is 0.500. The maximum absolute atomic E-state index is 12.0. The van der Waals surface area contributed by atoms with Gasteiger partial charge in [-0.2, -0.15) is 0 Å². The molecule has 1 N–H and O–H groups in total. The minimum absolute atomic E-state index is 0.216. The zero-order valence-electron chi connectivity index (χ0n) is 14.2. The van der Waals surface area contributed by atoms with Gasteiger partial charge in [0.25, 0.3) is 5.69 Å². The Morgan fingerprint density at radius 2 is 1.78 bits per heavy atom. The van der Waals surface area contributed by atoms with Crippen LogP contribution in [0.5, 0.6) is 0 Å². The number of hydrogen-bond donors (Lipinski definition) is 1. The van der Waals surface area contributed by atoms with Crippen LogP contribution in [0.1, 0.15) is 45.0 Å². The first kappa shape index (κ1) is 18.6. The van der Waals surface area contributed by atoms with Crippen LogP contribution in [-0.4, -0.2) is 29.3 Å². The lowest BCUT2D eigenvalue weighted by atomic mass is 9.74. The van der Waals surface area contributed by atoms with Crippen LogP contribution in [0.4, 0.5) is 11.4 Å². The highest BCUT2D eigenvalue weighted by Crippen LogP contribution is 2.37. The number of esters is 1. The van der Waals surface area contributed by atoms with Gasteiger partial charge in [0.1, 0.15) is 5.69 Å². The monoisotopic (exact) mass is 322 g/mol. The van der Waals surface area contributed by atoms with Crippen molar-refractivity contribution in [2.24, 2.45) is 5.41 Å². The van der Waals surface area contributed by atoms with Gasteiger partial charge < -0.3 is 10.1 Å². The number of benzene rings is 1. The van der Waals surface area contributed by atoms with E-state index in [1.165, 1.54) is 32.2 Å². The van der Waals surface area contributed by atoms with E-state index in [2.05, 4.69) is 5.32 Å². The Labute approximate surface area is 135 Å². The molecule has 0 unspecified atom stereocenters. The van der Waals surface area contributed by atoms with Crippen molar-refractivity contribution in [3.05, 3.63) is 33.9 Å². The number of carbonyl (C=O) groups is 2. The lowest BCUT2D eigenvalue weighted by Crippen LogP contribution is -2.51. The van der Waals surface area contributed by atoms with Crippen molar-refractivity contribution in [3.8, 4) is 0 Å². The van der Waals surface area contributed by atoms with Crippen LogP contribution < -0.4 is 5.32 Å². The summed E-state index contributed by atoms with van der Waals surface area (Å²) in [5, 5.41) is 14.3. The van der Waals surface area contributed by atoms with Gasteiger partial charge in [0.15, 0.2) is 5.78 Å². The molecule has 0 atom stereocenters. The second-order valence-electron chi connectivity index (χ2n) is 6.41. The highest BCUT2D eigenvalue weighted by Gasteiger charge is 2.45. The molecule has 0 aliphatic heterocycles. The van der Waals surface area contributed by atoms with E-state index in [1.54, 1.807) is 27.7 Å². The molecule has 126 valence electrons. The molecule has 1 aromatic rings. The number of nitrogens with zero attached hydrogens (tertiary/aromatic N) is 1. The average molecular weight is 322 g/mol. The predicted molar refractivity (Wildman–Crippen MR) is 86.6 cm³/mol. The number of nitro groups is 1. The quantitative estimate of drug-likeness (QED) is 0.374. The number of ether oxygens (including phenoxy) is 1. The Balaban J connectivity index is 3.29. The number of Topliss-reactive ketones (excluding diaryl/α,β-unsaturated/α-hetero) is 1. The maximum atomic E-state index is 12.0. The molecule has 0 aliphatic rings. The van der Waals surface area contributed by atoms with Crippen molar-refractivity contribution >= 4 is 23.1 Å². The topological polar surface area (TPSA) is 98.5 Å². The predicted octanol–water partition coefficient (Wildman–Crippen LogP) is 3.19. The first-order chi connectivity index (χ1) is 10.4. The van der Waals surface area contributed by atoms with Gasteiger partial charge in [-0.25, -0.2) is 0 Å². The van der Waals surface area contributed by atoms with E-state index >= 15 is 0 Å². The number of carbonyl (C=O) groups excluding carboxylic acids is 2. The van der Waals surface area contributed by atoms with E-state index in [4.69, 9.17) is 4.74 Å². The first-order valence-corrected chi connectivity index (χ1v) is 7.10. The van der Waals surface area contributed by atoms with Crippen molar-refractivity contribution in [1.29, 1.82) is 0 Å². The number of methoxy groups -OCH3 is 1. The fourth-order valence-corrected chi connectivity index (χ4v) is 2.01. The molecule has 0 heterocycles. The summed E-state index contributed by atoms with van der Waals surface area (Å²) in [6.45, 7) is 8.25. The highest BCUT2D eigenvalue weighted by atomic mass is 16.6. The summed E-state index contributed by atoms with van der Waals surface area (Å²) in [6, 6.07) is 4.22. The summed E-state index contributed by atoms with van der Waals surface area (Å²) >= 11 is 0. The molecule has 0 spiro atoms. The van der Waals surface area contributed by atoms with Crippen molar-refractivity contribution in [2.45, 2.75) is 40.2 Å². The Morgan fingerprint density at radius 3 is 2.22 bits per heavy atom. The fourth-order valence-electron chi connectivity index (χ4n) is 2.01. The second-order valence-corrected chi connectivity index (χ2v) is 6.41. The largest absolute Gasteiger partial charge is 0.469 e. The Kier molecular flexibility index (Phi) is 5.14. The Bertz CT molecular complexity index is 650. The number of nitrogens with one attached hydrogen (secondary N) is 1. The Morgan fingerprint density at radius 1 is 1.22 bits per heavy atom. The van der Waals surface area contributed by atoms with E-state index < -0.39 is 21.8 Å². The molecule has 0 amide bonds. The zero-order valence-corrected chi connectivity index (χ0v) is 14.2. The summed E-state index contributed by atoms with van der Waals surface area (Å²) in [5.74, 6) is -0.688. The van der Waals surface area contributed by atoms with Crippen LogP contribution in [0.3, 0.4) is 0 Å². The number of anilines is 1. The summed E-state index contributed by atoms with van der Waals surface area (Å²) in [6.07, 6.45) is 0. The van der Waals surface area contributed by atoms with Crippen LogP contribution in [0.15, 0.2) is 18.2 Å². The number of ketones is 1. The van der Waals surface area contributed by atoms with Gasteiger partial charge in [0.2, 0.25) is 0 Å². The van der Waals surface area contributed by atoms with Crippen LogP contribution in [-0.2, 0) is 9.53 Å². The van der Waals surface area contributed by atoms with Gasteiger partial charge in [-0.1, -0.05) is 0 Å². The molecule has 0 saturated carbocycles. The van der Waals surface area contributed by atoms with E-state index in [1.807, 2.05) is 0 Å². The molecule has 23 heavy (non-hydrogen) atoms. The Hall–Kier alpha value is -2.44. The first-order valence-electron chi connectivity index (χ1n) is 7.10. The summed E-state index contributed by atoms with van der Waals surface area (Å²) in [7, 11) is 1.30. The van der Waals surface area contributed by atoms with Gasteiger partial charge >= 0.3 is 5.97 Å². The maximum Gasteiger partial charge on any atom is 0.313 e. The zero-order chi connectivity index (χ0) is 18.0. The lowest BCUT2D eigenvalue weighted by Gasteiger charge is -2.40. The van der Waals surface area contributed by atoms with Crippen LogP contribution in [0.25, 0.3) is 0 Å². The molecule has 1 aromatic carbocycles.